The van der Waals surface area contributed by atoms with Crippen molar-refractivity contribution >= 4 is 28.8 Å². The Balaban J connectivity index is 1.51. The minimum absolute atomic E-state index is 0.0191. The third-order valence-electron chi connectivity index (χ3n) is 7.18. The van der Waals surface area contributed by atoms with E-state index in [0.29, 0.717) is 46.9 Å². The van der Waals surface area contributed by atoms with Crippen LogP contribution in [0.1, 0.15) is 30.1 Å². The number of para-hydroxylation sites is 1. The number of anilines is 4. The van der Waals surface area contributed by atoms with Crippen molar-refractivity contribution in [1.29, 1.82) is 0 Å². The van der Waals surface area contributed by atoms with Crippen molar-refractivity contribution in [3.8, 4) is 23.1 Å². The molecule has 5 rings (SSSR count). The Hall–Kier alpha value is -4.58. The number of aryl methyl sites for hydroxylation is 1. The van der Waals surface area contributed by atoms with Crippen LogP contribution in [0.25, 0.3) is 11.4 Å². The summed E-state index contributed by atoms with van der Waals surface area (Å²) in [6, 6.07) is 9.77. The van der Waals surface area contributed by atoms with Crippen LogP contribution in [0.5, 0.6) is 11.8 Å². The second kappa shape index (κ2) is 11.9. The first kappa shape index (κ1) is 28.0. The van der Waals surface area contributed by atoms with Gasteiger partial charge in [0, 0.05) is 59.1 Å². The van der Waals surface area contributed by atoms with E-state index >= 15 is 0 Å². The minimum Gasteiger partial charge on any atom is -0.494 e. The van der Waals surface area contributed by atoms with E-state index in [9.17, 15) is 4.79 Å². The Morgan fingerprint density at radius 1 is 1.07 bits per heavy atom. The lowest BCUT2D eigenvalue weighted by Gasteiger charge is -2.26. The Kier molecular flexibility index (Phi) is 8.11. The number of hydrogen-bond acceptors (Lipinski definition) is 11. The zero-order valence-electron chi connectivity index (χ0n) is 24.3. The van der Waals surface area contributed by atoms with Gasteiger partial charge in [-0.3, -0.25) is 9.48 Å². The largest absolute Gasteiger partial charge is 0.494 e. The van der Waals surface area contributed by atoms with E-state index in [1.807, 2.05) is 62.1 Å². The van der Waals surface area contributed by atoms with Gasteiger partial charge in [-0.2, -0.15) is 10.1 Å². The summed E-state index contributed by atoms with van der Waals surface area (Å²) in [5.41, 5.74) is 2.68. The van der Waals surface area contributed by atoms with Gasteiger partial charge in [-0.25, -0.2) is 15.0 Å². The number of pyridine rings is 1. The fraction of sp³-hybridized carbons (Fsp3) is 0.379. The molecule has 3 aromatic heterocycles. The standard InChI is InChI=1S/C29H35N9O3/c1-7-24(39)21-16-31-26(38(5)25-11-13-30-29(33-25)41-19-12-14-35(2)17-19)15-23(21)37(4)22-10-8-9-20(27(22)40-6)28-32-18-36(3)34-28/h8-11,13,15-16,18-19H,7,12,14,17H2,1-6H3/t19-/m0/s1. The van der Waals surface area contributed by atoms with Crippen LogP contribution in [-0.2, 0) is 7.05 Å². The molecule has 0 bridgehead atoms. The van der Waals surface area contributed by atoms with Crippen molar-refractivity contribution in [2.75, 3.05) is 51.1 Å². The predicted molar refractivity (Wildman–Crippen MR) is 157 cm³/mol. The second-order valence-corrected chi connectivity index (χ2v) is 10.0. The highest BCUT2D eigenvalue weighted by atomic mass is 16.5. The summed E-state index contributed by atoms with van der Waals surface area (Å²) in [5, 5.41) is 4.45. The third-order valence-corrected chi connectivity index (χ3v) is 7.18. The normalized spacial score (nSPS) is 15.1. The van der Waals surface area contributed by atoms with Gasteiger partial charge in [0.05, 0.1) is 29.6 Å². The van der Waals surface area contributed by atoms with E-state index in [2.05, 4.69) is 37.0 Å². The van der Waals surface area contributed by atoms with Gasteiger partial charge in [0.15, 0.2) is 17.4 Å². The highest BCUT2D eigenvalue weighted by Crippen LogP contribution is 2.41. The summed E-state index contributed by atoms with van der Waals surface area (Å²) in [6.45, 7) is 3.67. The molecule has 12 heteroatoms. The highest BCUT2D eigenvalue weighted by Gasteiger charge is 2.24. The van der Waals surface area contributed by atoms with Crippen molar-refractivity contribution in [2.24, 2.45) is 7.05 Å². The van der Waals surface area contributed by atoms with Crippen molar-refractivity contribution in [2.45, 2.75) is 25.9 Å². The molecule has 12 nitrogen and oxygen atoms in total. The topological polar surface area (TPSA) is 115 Å². The maximum Gasteiger partial charge on any atom is 0.318 e. The molecular weight excluding hydrogens is 522 g/mol. The van der Waals surface area contributed by atoms with Crippen molar-refractivity contribution in [1.82, 2.24) is 34.6 Å². The predicted octanol–water partition coefficient (Wildman–Crippen LogP) is 3.89. The van der Waals surface area contributed by atoms with E-state index in [0.717, 1.165) is 30.8 Å². The highest BCUT2D eigenvalue weighted by molar-refractivity contribution is 6.02. The van der Waals surface area contributed by atoms with Crippen LogP contribution in [-0.4, -0.2) is 87.8 Å². The van der Waals surface area contributed by atoms with Gasteiger partial charge in [-0.1, -0.05) is 13.0 Å². The Bertz CT molecular complexity index is 1540. The molecule has 4 heterocycles. The van der Waals surface area contributed by atoms with Gasteiger partial charge in [0.1, 0.15) is 24.1 Å². The number of Topliss-reactive ketones (excluding diaryl/α,β-unsaturated/α-hetero) is 1. The quantitative estimate of drug-likeness (QED) is 0.265. The average Bonchev–Trinajstić information content (AvgIpc) is 3.62. The molecule has 0 saturated carbocycles. The van der Waals surface area contributed by atoms with Gasteiger partial charge in [0.25, 0.3) is 0 Å². The Labute approximate surface area is 239 Å². The molecule has 41 heavy (non-hydrogen) atoms. The molecule has 1 aliphatic heterocycles. The summed E-state index contributed by atoms with van der Waals surface area (Å²) < 4.78 is 13.5. The van der Waals surface area contributed by atoms with E-state index in [-0.39, 0.29) is 11.9 Å². The second-order valence-electron chi connectivity index (χ2n) is 10.0. The van der Waals surface area contributed by atoms with E-state index < -0.39 is 0 Å². The van der Waals surface area contributed by atoms with Gasteiger partial charge in [-0.15, -0.1) is 0 Å². The zero-order chi connectivity index (χ0) is 29.1. The molecular formula is C29H35N9O3. The molecule has 4 aromatic rings. The smallest absolute Gasteiger partial charge is 0.318 e. The fourth-order valence-corrected chi connectivity index (χ4v) is 4.90. The molecule has 0 radical (unpaired) electrons. The van der Waals surface area contributed by atoms with Crippen molar-refractivity contribution < 1.29 is 14.3 Å². The summed E-state index contributed by atoms with van der Waals surface area (Å²) in [5.74, 6) is 2.35. The number of ether oxygens (including phenoxy) is 2. The van der Waals surface area contributed by atoms with Crippen LogP contribution in [0.2, 0.25) is 0 Å². The lowest BCUT2D eigenvalue weighted by atomic mass is 10.1. The van der Waals surface area contributed by atoms with Crippen LogP contribution in [0.3, 0.4) is 0 Å². The number of carbonyl (C=O) groups excluding carboxylic acids is 1. The lowest BCUT2D eigenvalue weighted by molar-refractivity contribution is 0.0988. The maximum atomic E-state index is 13.0. The van der Waals surface area contributed by atoms with Crippen LogP contribution in [0, 0.1) is 0 Å². The van der Waals surface area contributed by atoms with Crippen LogP contribution >= 0.6 is 0 Å². The first-order valence-electron chi connectivity index (χ1n) is 13.5. The molecule has 214 valence electrons. The Morgan fingerprint density at radius 3 is 2.59 bits per heavy atom. The summed E-state index contributed by atoms with van der Waals surface area (Å²) in [6.07, 6.45) is 6.28. The number of ketones is 1. The molecule has 1 aliphatic rings. The van der Waals surface area contributed by atoms with Crippen molar-refractivity contribution in [3.63, 3.8) is 0 Å². The molecule has 0 amide bonds. The molecule has 0 N–H and O–H groups in total. The number of likely N-dealkylation sites (tertiary alicyclic amines) is 1. The molecule has 0 spiro atoms. The van der Waals surface area contributed by atoms with Crippen LogP contribution in [0.4, 0.5) is 23.0 Å². The minimum atomic E-state index is -0.0191. The zero-order valence-corrected chi connectivity index (χ0v) is 24.3. The van der Waals surface area contributed by atoms with Gasteiger partial charge < -0.3 is 24.2 Å². The van der Waals surface area contributed by atoms with E-state index in [1.54, 1.807) is 36.6 Å². The Morgan fingerprint density at radius 2 is 1.90 bits per heavy atom. The number of likely N-dealkylation sites (N-methyl/N-ethyl adjacent to an activating group) is 1. The first-order chi connectivity index (χ1) is 19.8. The van der Waals surface area contributed by atoms with Gasteiger partial charge in [0.2, 0.25) is 0 Å². The van der Waals surface area contributed by atoms with E-state index in [4.69, 9.17) is 9.47 Å². The molecule has 1 atom stereocenters. The van der Waals surface area contributed by atoms with Crippen molar-refractivity contribution in [3.05, 3.63) is 54.6 Å². The van der Waals surface area contributed by atoms with Crippen LogP contribution < -0.4 is 19.3 Å². The summed E-state index contributed by atoms with van der Waals surface area (Å²) >= 11 is 0. The number of rotatable bonds is 10. The average molecular weight is 558 g/mol. The number of aromatic nitrogens is 6. The number of nitrogens with zero attached hydrogens (tertiary/aromatic N) is 9. The number of benzene rings is 1. The van der Waals surface area contributed by atoms with Gasteiger partial charge >= 0.3 is 6.01 Å². The molecule has 1 fully saturated rings. The van der Waals surface area contributed by atoms with Gasteiger partial charge in [-0.05, 0) is 31.7 Å². The monoisotopic (exact) mass is 557 g/mol. The third kappa shape index (κ3) is 5.82. The first-order valence-corrected chi connectivity index (χ1v) is 13.5. The van der Waals surface area contributed by atoms with E-state index in [1.165, 1.54) is 0 Å². The number of methoxy groups -OCH3 is 1. The molecule has 0 aliphatic carbocycles. The summed E-state index contributed by atoms with van der Waals surface area (Å²) in [4.78, 5) is 37.0. The summed E-state index contributed by atoms with van der Waals surface area (Å²) in [7, 11) is 9.27. The fourth-order valence-electron chi connectivity index (χ4n) is 4.90. The van der Waals surface area contributed by atoms with Crippen LogP contribution in [0.15, 0.2) is 49.1 Å². The molecule has 0 unspecified atom stereocenters. The SMILES string of the molecule is CCC(=O)c1cnc(N(C)c2ccnc(O[C@H]3CCN(C)C3)n2)cc1N(C)c1cccc(-c2ncn(C)n2)c1OC. The molecule has 1 saturated heterocycles. The maximum absolute atomic E-state index is 13.0. The molecule has 1 aromatic carbocycles. The lowest BCUT2D eigenvalue weighted by Crippen LogP contribution is -2.23. The number of carbonyl (C=O) groups is 1. The number of hydrogen-bond donors (Lipinski definition) is 0.